The van der Waals surface area contributed by atoms with Crippen LogP contribution in [0.15, 0.2) is 24.3 Å². The normalized spacial score (nSPS) is 22.6. The third kappa shape index (κ3) is 3.97. The standard InChI is InChI=1S/C17H27NO/c1-3-12-18-17-7-5-6-16(17)14-8-10-15(11-9-14)19-13-4-2/h8-11,16-18H,3-7,12-13H2,1-2H3. The molecule has 0 spiro atoms. The number of rotatable bonds is 7. The average molecular weight is 261 g/mol. The predicted molar refractivity (Wildman–Crippen MR) is 80.9 cm³/mol. The molecule has 1 aromatic rings. The summed E-state index contributed by atoms with van der Waals surface area (Å²) in [5.41, 5.74) is 1.47. The Labute approximate surface area is 117 Å². The molecule has 0 bridgehead atoms. The van der Waals surface area contributed by atoms with E-state index in [1.807, 2.05) is 0 Å². The van der Waals surface area contributed by atoms with E-state index in [-0.39, 0.29) is 0 Å². The summed E-state index contributed by atoms with van der Waals surface area (Å²) in [4.78, 5) is 0. The molecule has 0 heterocycles. The van der Waals surface area contributed by atoms with Gasteiger partial charge < -0.3 is 10.1 Å². The lowest BCUT2D eigenvalue weighted by atomic mass is 9.94. The molecular formula is C17H27NO. The fourth-order valence-electron chi connectivity index (χ4n) is 2.96. The van der Waals surface area contributed by atoms with E-state index in [0.29, 0.717) is 12.0 Å². The number of benzene rings is 1. The molecule has 19 heavy (non-hydrogen) atoms. The Morgan fingerprint density at radius 3 is 2.58 bits per heavy atom. The van der Waals surface area contributed by atoms with E-state index in [1.54, 1.807) is 0 Å². The highest BCUT2D eigenvalue weighted by molar-refractivity contribution is 5.31. The zero-order valence-corrected chi connectivity index (χ0v) is 12.3. The van der Waals surface area contributed by atoms with Crippen molar-refractivity contribution in [1.82, 2.24) is 5.32 Å². The van der Waals surface area contributed by atoms with Gasteiger partial charge in [0.1, 0.15) is 5.75 Å². The molecule has 2 unspecified atom stereocenters. The van der Waals surface area contributed by atoms with Crippen LogP contribution < -0.4 is 10.1 Å². The highest BCUT2D eigenvalue weighted by Crippen LogP contribution is 2.35. The molecule has 1 aromatic carbocycles. The highest BCUT2D eigenvalue weighted by Gasteiger charge is 2.27. The van der Waals surface area contributed by atoms with Crippen LogP contribution in [0.2, 0.25) is 0 Å². The summed E-state index contributed by atoms with van der Waals surface area (Å²) >= 11 is 0. The van der Waals surface area contributed by atoms with E-state index < -0.39 is 0 Å². The number of hydrogen-bond acceptors (Lipinski definition) is 2. The maximum atomic E-state index is 5.65. The minimum absolute atomic E-state index is 0.669. The quantitative estimate of drug-likeness (QED) is 0.797. The van der Waals surface area contributed by atoms with Crippen molar-refractivity contribution in [2.24, 2.45) is 0 Å². The van der Waals surface area contributed by atoms with Crippen LogP contribution >= 0.6 is 0 Å². The fraction of sp³-hybridized carbons (Fsp3) is 0.647. The van der Waals surface area contributed by atoms with Crippen LogP contribution in [0.1, 0.15) is 57.4 Å². The third-order valence-corrected chi connectivity index (χ3v) is 3.95. The maximum absolute atomic E-state index is 5.65. The lowest BCUT2D eigenvalue weighted by molar-refractivity contribution is 0.317. The van der Waals surface area contributed by atoms with Gasteiger partial charge in [0.05, 0.1) is 6.61 Å². The zero-order chi connectivity index (χ0) is 13.5. The van der Waals surface area contributed by atoms with Gasteiger partial charge in [0.15, 0.2) is 0 Å². The van der Waals surface area contributed by atoms with E-state index in [0.717, 1.165) is 25.3 Å². The first kappa shape index (κ1) is 14.4. The van der Waals surface area contributed by atoms with E-state index in [2.05, 4.69) is 43.4 Å². The third-order valence-electron chi connectivity index (χ3n) is 3.95. The molecule has 2 atom stereocenters. The highest BCUT2D eigenvalue weighted by atomic mass is 16.5. The topological polar surface area (TPSA) is 21.3 Å². The van der Waals surface area contributed by atoms with Gasteiger partial charge in [0.25, 0.3) is 0 Å². The molecule has 2 nitrogen and oxygen atoms in total. The minimum atomic E-state index is 0.669. The van der Waals surface area contributed by atoms with Crippen molar-refractivity contribution in [3.63, 3.8) is 0 Å². The van der Waals surface area contributed by atoms with Gasteiger partial charge in [-0.3, -0.25) is 0 Å². The van der Waals surface area contributed by atoms with Gasteiger partial charge in [0, 0.05) is 6.04 Å². The summed E-state index contributed by atoms with van der Waals surface area (Å²) in [5.74, 6) is 1.69. The number of ether oxygens (including phenoxy) is 1. The molecule has 1 saturated carbocycles. The smallest absolute Gasteiger partial charge is 0.119 e. The lowest BCUT2D eigenvalue weighted by Gasteiger charge is -2.21. The largest absolute Gasteiger partial charge is 0.494 e. The molecule has 0 radical (unpaired) electrons. The molecule has 1 fully saturated rings. The van der Waals surface area contributed by atoms with Crippen LogP contribution in [0.3, 0.4) is 0 Å². The summed E-state index contributed by atoms with van der Waals surface area (Å²) in [6.45, 7) is 6.32. The van der Waals surface area contributed by atoms with Gasteiger partial charge in [-0.15, -0.1) is 0 Å². The average Bonchev–Trinajstić information content (AvgIpc) is 2.92. The Balaban J connectivity index is 1.96. The molecule has 0 aliphatic heterocycles. The summed E-state index contributed by atoms with van der Waals surface area (Å²) in [5, 5.41) is 3.70. The van der Waals surface area contributed by atoms with Crippen LogP contribution in [-0.4, -0.2) is 19.2 Å². The SMILES string of the molecule is CCCNC1CCCC1c1ccc(OCCC)cc1. The van der Waals surface area contributed by atoms with Gasteiger partial charge in [-0.25, -0.2) is 0 Å². The molecular weight excluding hydrogens is 234 g/mol. The van der Waals surface area contributed by atoms with Crippen LogP contribution in [-0.2, 0) is 0 Å². The monoisotopic (exact) mass is 261 g/mol. The van der Waals surface area contributed by atoms with Crippen molar-refractivity contribution in [3.8, 4) is 5.75 Å². The van der Waals surface area contributed by atoms with Crippen molar-refractivity contribution in [2.45, 2.75) is 57.9 Å². The molecule has 0 aromatic heterocycles. The van der Waals surface area contributed by atoms with Gasteiger partial charge >= 0.3 is 0 Å². The molecule has 106 valence electrons. The molecule has 2 rings (SSSR count). The summed E-state index contributed by atoms with van der Waals surface area (Å²) in [6.07, 6.45) is 6.26. The Morgan fingerprint density at radius 2 is 1.89 bits per heavy atom. The maximum Gasteiger partial charge on any atom is 0.119 e. The van der Waals surface area contributed by atoms with Gasteiger partial charge in [-0.1, -0.05) is 32.4 Å². The van der Waals surface area contributed by atoms with Crippen molar-refractivity contribution >= 4 is 0 Å². The van der Waals surface area contributed by atoms with Crippen molar-refractivity contribution < 1.29 is 4.74 Å². The summed E-state index contributed by atoms with van der Waals surface area (Å²) < 4.78 is 5.65. The summed E-state index contributed by atoms with van der Waals surface area (Å²) in [6, 6.07) is 9.42. The molecule has 2 heteroatoms. The van der Waals surface area contributed by atoms with Gasteiger partial charge in [-0.2, -0.15) is 0 Å². The summed E-state index contributed by atoms with van der Waals surface area (Å²) in [7, 11) is 0. The van der Waals surface area contributed by atoms with E-state index in [9.17, 15) is 0 Å². The molecule has 1 aliphatic rings. The van der Waals surface area contributed by atoms with Crippen LogP contribution in [0.4, 0.5) is 0 Å². The van der Waals surface area contributed by atoms with Crippen molar-refractivity contribution in [3.05, 3.63) is 29.8 Å². The van der Waals surface area contributed by atoms with E-state index >= 15 is 0 Å². The molecule has 1 aliphatic carbocycles. The Hall–Kier alpha value is -1.02. The van der Waals surface area contributed by atoms with Crippen LogP contribution in [0.25, 0.3) is 0 Å². The first-order chi connectivity index (χ1) is 9.35. The Bertz CT molecular complexity index is 360. The Kier molecular flexibility index (Phi) is 5.71. The van der Waals surface area contributed by atoms with Gasteiger partial charge in [-0.05, 0) is 55.8 Å². The van der Waals surface area contributed by atoms with Crippen LogP contribution in [0.5, 0.6) is 5.75 Å². The molecule has 0 saturated heterocycles. The van der Waals surface area contributed by atoms with E-state index in [1.165, 1.54) is 31.2 Å². The Morgan fingerprint density at radius 1 is 1.11 bits per heavy atom. The fourth-order valence-corrected chi connectivity index (χ4v) is 2.96. The van der Waals surface area contributed by atoms with Gasteiger partial charge in [0.2, 0.25) is 0 Å². The van der Waals surface area contributed by atoms with Crippen molar-refractivity contribution in [1.29, 1.82) is 0 Å². The van der Waals surface area contributed by atoms with Crippen LogP contribution in [0, 0.1) is 0 Å². The molecule has 1 N–H and O–H groups in total. The second kappa shape index (κ2) is 7.54. The second-order valence-corrected chi connectivity index (χ2v) is 5.52. The first-order valence-corrected chi connectivity index (χ1v) is 7.81. The number of nitrogens with one attached hydrogen (secondary N) is 1. The zero-order valence-electron chi connectivity index (χ0n) is 12.3. The molecule has 0 amide bonds. The van der Waals surface area contributed by atoms with Crippen molar-refractivity contribution in [2.75, 3.05) is 13.2 Å². The lowest BCUT2D eigenvalue weighted by Crippen LogP contribution is -2.31. The number of hydrogen-bond donors (Lipinski definition) is 1. The predicted octanol–water partition coefficient (Wildman–Crippen LogP) is 4.11. The van der Waals surface area contributed by atoms with E-state index in [4.69, 9.17) is 4.74 Å². The first-order valence-electron chi connectivity index (χ1n) is 7.81. The minimum Gasteiger partial charge on any atom is -0.494 e. The second-order valence-electron chi connectivity index (χ2n) is 5.52.